The molecule has 0 bridgehead atoms. The van der Waals surface area contributed by atoms with Gasteiger partial charge in [-0.3, -0.25) is 0 Å². The van der Waals surface area contributed by atoms with Gasteiger partial charge in [-0.15, -0.1) is 0 Å². The lowest BCUT2D eigenvalue weighted by molar-refractivity contribution is 1.40. The van der Waals surface area contributed by atoms with Crippen LogP contribution in [0.5, 0.6) is 0 Å². The van der Waals surface area contributed by atoms with Gasteiger partial charge in [-0.2, -0.15) is 0 Å². The molecule has 0 atom stereocenters. The average molecular weight is 213 g/mol. The third-order valence-corrected chi connectivity index (χ3v) is 5.13. The van der Waals surface area contributed by atoms with Crippen LogP contribution in [0.1, 0.15) is 11.1 Å². The molecular formula is C11H17ClSi. The number of aryl methyl sites for hydroxylation is 1. The Morgan fingerprint density at radius 1 is 1.08 bits per heavy atom. The number of rotatable bonds is 1. The Bertz CT molecular complexity index is 324. The quantitative estimate of drug-likeness (QED) is 0.626. The molecule has 13 heavy (non-hydrogen) atoms. The van der Waals surface area contributed by atoms with Gasteiger partial charge in [-0.25, -0.2) is 0 Å². The van der Waals surface area contributed by atoms with Gasteiger partial charge in [0.05, 0.1) is 8.07 Å². The minimum Gasteiger partial charge on any atom is -0.0838 e. The fourth-order valence-corrected chi connectivity index (χ4v) is 3.71. The van der Waals surface area contributed by atoms with Crippen LogP contribution in [0, 0.1) is 13.8 Å². The van der Waals surface area contributed by atoms with Crippen molar-refractivity contribution in [3.63, 3.8) is 0 Å². The van der Waals surface area contributed by atoms with Gasteiger partial charge >= 0.3 is 0 Å². The Morgan fingerprint density at radius 3 is 2.08 bits per heavy atom. The summed E-state index contributed by atoms with van der Waals surface area (Å²) in [5.74, 6) is 0. The third kappa shape index (κ3) is 2.15. The molecule has 0 aliphatic carbocycles. The molecule has 0 spiro atoms. The van der Waals surface area contributed by atoms with Crippen LogP contribution in [0.3, 0.4) is 0 Å². The van der Waals surface area contributed by atoms with E-state index in [1.165, 1.54) is 16.3 Å². The summed E-state index contributed by atoms with van der Waals surface area (Å²) in [7, 11) is -1.22. The van der Waals surface area contributed by atoms with E-state index in [4.69, 9.17) is 11.6 Å². The van der Waals surface area contributed by atoms with Crippen molar-refractivity contribution in [3.05, 3.63) is 28.3 Å². The van der Waals surface area contributed by atoms with Gasteiger partial charge in [0, 0.05) is 5.02 Å². The van der Waals surface area contributed by atoms with Crippen LogP contribution in [0.4, 0.5) is 0 Å². The molecule has 0 saturated carbocycles. The Hall–Kier alpha value is -0.273. The van der Waals surface area contributed by atoms with Crippen molar-refractivity contribution < 1.29 is 0 Å². The summed E-state index contributed by atoms with van der Waals surface area (Å²) in [5.41, 5.74) is 2.46. The maximum Gasteiger partial charge on any atom is 0.0780 e. The number of hydrogen-bond acceptors (Lipinski definition) is 0. The second kappa shape index (κ2) is 3.47. The minimum atomic E-state index is -1.22. The molecule has 1 aromatic rings. The second-order valence-electron chi connectivity index (χ2n) is 4.62. The van der Waals surface area contributed by atoms with Crippen molar-refractivity contribution in [2.75, 3.05) is 0 Å². The molecule has 72 valence electrons. The highest BCUT2D eigenvalue weighted by atomic mass is 35.5. The summed E-state index contributed by atoms with van der Waals surface area (Å²) in [6.07, 6.45) is 0. The topological polar surface area (TPSA) is 0 Å². The van der Waals surface area contributed by atoms with Crippen LogP contribution in [0.25, 0.3) is 0 Å². The summed E-state index contributed by atoms with van der Waals surface area (Å²) in [5, 5.41) is 2.42. The molecule has 1 rings (SSSR count). The van der Waals surface area contributed by atoms with Crippen LogP contribution in [-0.4, -0.2) is 8.07 Å². The third-order valence-electron chi connectivity index (χ3n) is 2.39. The van der Waals surface area contributed by atoms with E-state index in [9.17, 15) is 0 Å². The Kier molecular flexibility index (Phi) is 2.88. The monoisotopic (exact) mass is 212 g/mol. The average Bonchev–Trinajstić information content (AvgIpc) is 1.98. The summed E-state index contributed by atoms with van der Waals surface area (Å²) < 4.78 is 0. The molecular weight excluding hydrogens is 196 g/mol. The molecule has 0 saturated heterocycles. The smallest absolute Gasteiger partial charge is 0.0780 e. The fourth-order valence-electron chi connectivity index (χ4n) is 1.63. The molecule has 1 aromatic carbocycles. The molecule has 0 aromatic heterocycles. The lowest BCUT2D eigenvalue weighted by atomic mass is 10.1. The number of hydrogen-bond donors (Lipinski definition) is 0. The first-order chi connectivity index (χ1) is 5.84. The van der Waals surface area contributed by atoms with E-state index >= 15 is 0 Å². The van der Waals surface area contributed by atoms with Crippen molar-refractivity contribution in [3.8, 4) is 0 Å². The zero-order valence-corrected chi connectivity index (χ0v) is 10.8. The van der Waals surface area contributed by atoms with Crippen molar-refractivity contribution in [2.24, 2.45) is 0 Å². The number of halogens is 1. The highest BCUT2D eigenvalue weighted by Crippen LogP contribution is 2.20. The van der Waals surface area contributed by atoms with Gasteiger partial charge < -0.3 is 0 Å². The summed E-state index contributed by atoms with van der Waals surface area (Å²) in [6.45, 7) is 11.2. The van der Waals surface area contributed by atoms with Gasteiger partial charge in [0.25, 0.3) is 0 Å². The lowest BCUT2D eigenvalue weighted by Crippen LogP contribution is -2.39. The molecule has 0 aliphatic rings. The summed E-state index contributed by atoms with van der Waals surface area (Å²) in [4.78, 5) is 0. The van der Waals surface area contributed by atoms with Gasteiger partial charge in [-0.1, -0.05) is 48.6 Å². The largest absolute Gasteiger partial charge is 0.0838 e. The predicted molar refractivity (Wildman–Crippen MR) is 63.9 cm³/mol. The van der Waals surface area contributed by atoms with Crippen molar-refractivity contribution >= 4 is 24.9 Å². The first-order valence-corrected chi connectivity index (χ1v) is 8.48. The lowest BCUT2D eigenvalue weighted by Gasteiger charge is -2.20. The Balaban J connectivity index is 3.35. The van der Waals surface area contributed by atoms with Crippen molar-refractivity contribution in [2.45, 2.75) is 33.5 Å². The Morgan fingerprint density at radius 2 is 1.62 bits per heavy atom. The molecule has 0 unspecified atom stereocenters. The molecule has 0 aliphatic heterocycles. The van der Waals surface area contributed by atoms with Gasteiger partial charge in [0.2, 0.25) is 0 Å². The van der Waals surface area contributed by atoms with E-state index < -0.39 is 8.07 Å². The van der Waals surface area contributed by atoms with Gasteiger partial charge in [0.15, 0.2) is 0 Å². The first kappa shape index (κ1) is 10.8. The van der Waals surface area contributed by atoms with E-state index in [0.29, 0.717) is 0 Å². The molecule has 0 heterocycles. The fraction of sp³-hybridized carbons (Fsp3) is 0.455. The van der Waals surface area contributed by atoms with E-state index in [-0.39, 0.29) is 0 Å². The molecule has 0 radical (unpaired) electrons. The van der Waals surface area contributed by atoms with E-state index in [2.05, 4.69) is 45.6 Å². The first-order valence-electron chi connectivity index (χ1n) is 4.60. The minimum absolute atomic E-state index is 0.944. The molecule has 0 amide bonds. The Labute approximate surface area is 86.9 Å². The standard InChI is InChI=1S/C11H17ClSi/c1-8-6-7-10(13(3,4)5)9(2)11(8)12/h6-7H,1-5H3. The van der Waals surface area contributed by atoms with Crippen molar-refractivity contribution in [1.82, 2.24) is 0 Å². The normalized spacial score (nSPS) is 11.8. The zero-order chi connectivity index (χ0) is 10.2. The number of benzene rings is 1. The SMILES string of the molecule is Cc1ccc([Si](C)(C)C)c(C)c1Cl. The molecule has 2 heteroatoms. The highest BCUT2D eigenvalue weighted by molar-refractivity contribution is 6.89. The molecule has 0 fully saturated rings. The van der Waals surface area contributed by atoms with E-state index in [0.717, 1.165) is 5.02 Å². The van der Waals surface area contributed by atoms with Crippen LogP contribution >= 0.6 is 11.6 Å². The second-order valence-corrected chi connectivity index (χ2v) is 10.0. The highest BCUT2D eigenvalue weighted by Gasteiger charge is 2.19. The maximum absolute atomic E-state index is 6.21. The van der Waals surface area contributed by atoms with E-state index in [1.54, 1.807) is 0 Å². The predicted octanol–water partition coefficient (Wildman–Crippen LogP) is 3.50. The van der Waals surface area contributed by atoms with Crippen molar-refractivity contribution in [1.29, 1.82) is 0 Å². The summed E-state index contributed by atoms with van der Waals surface area (Å²) >= 11 is 6.21. The van der Waals surface area contributed by atoms with Crippen LogP contribution < -0.4 is 5.19 Å². The van der Waals surface area contributed by atoms with Crippen LogP contribution in [0.2, 0.25) is 24.7 Å². The molecule has 0 N–H and O–H groups in total. The maximum atomic E-state index is 6.21. The summed E-state index contributed by atoms with van der Waals surface area (Å²) in [6, 6.07) is 4.37. The van der Waals surface area contributed by atoms with Gasteiger partial charge in [-0.05, 0) is 25.0 Å². The zero-order valence-electron chi connectivity index (χ0n) is 9.03. The van der Waals surface area contributed by atoms with Gasteiger partial charge in [0.1, 0.15) is 0 Å². The van der Waals surface area contributed by atoms with E-state index in [1.807, 2.05) is 0 Å². The molecule has 0 nitrogen and oxygen atoms in total. The van der Waals surface area contributed by atoms with Crippen LogP contribution in [0.15, 0.2) is 12.1 Å². The van der Waals surface area contributed by atoms with Crippen LogP contribution in [-0.2, 0) is 0 Å².